The van der Waals surface area contributed by atoms with E-state index in [4.69, 9.17) is 4.74 Å². The van der Waals surface area contributed by atoms with E-state index in [-0.39, 0.29) is 18.3 Å². The van der Waals surface area contributed by atoms with Gasteiger partial charge >= 0.3 is 5.97 Å². The monoisotopic (exact) mass is 354 g/mol. The number of benzene rings is 2. The molecule has 0 saturated carbocycles. The molecule has 134 valence electrons. The molecule has 0 aliphatic carbocycles. The Balaban J connectivity index is 1.80. The first kappa shape index (κ1) is 17.6. The molecular weight excluding hydrogens is 335 g/mol. The molecule has 2 N–H and O–H groups in total. The predicted octanol–water partition coefficient (Wildman–Crippen LogP) is 3.36. The van der Waals surface area contributed by atoms with E-state index in [1.807, 2.05) is 24.3 Å². The molecule has 3 rings (SSSR count). The van der Waals surface area contributed by atoms with Gasteiger partial charge < -0.3 is 15.4 Å². The number of esters is 1. The van der Waals surface area contributed by atoms with Crippen molar-refractivity contribution in [1.82, 2.24) is 9.97 Å². The summed E-state index contributed by atoms with van der Waals surface area (Å²) >= 11 is 0. The number of carbonyl (C=O) groups excluding carboxylic acids is 1. The van der Waals surface area contributed by atoms with Gasteiger partial charge in [-0.15, -0.1) is 0 Å². The summed E-state index contributed by atoms with van der Waals surface area (Å²) in [6, 6.07) is 13.8. The predicted molar refractivity (Wildman–Crippen MR) is 98.4 cm³/mol. The molecule has 3 aromatic rings. The van der Waals surface area contributed by atoms with Crippen molar-refractivity contribution in [3.63, 3.8) is 0 Å². The fourth-order valence-corrected chi connectivity index (χ4v) is 2.44. The van der Waals surface area contributed by atoms with E-state index < -0.39 is 0 Å². The third-order valence-corrected chi connectivity index (χ3v) is 3.67. The normalized spacial score (nSPS) is 10.5. The Hall–Kier alpha value is -3.22. The van der Waals surface area contributed by atoms with Crippen molar-refractivity contribution in [2.24, 2.45) is 0 Å². The van der Waals surface area contributed by atoms with Gasteiger partial charge in [-0.05, 0) is 36.8 Å². The van der Waals surface area contributed by atoms with E-state index in [9.17, 15) is 9.18 Å². The fourth-order valence-electron chi connectivity index (χ4n) is 2.44. The largest absolute Gasteiger partial charge is 0.465 e. The molecule has 0 fully saturated rings. The van der Waals surface area contributed by atoms with Crippen LogP contribution in [0.2, 0.25) is 0 Å². The van der Waals surface area contributed by atoms with Gasteiger partial charge in [0.25, 0.3) is 0 Å². The van der Waals surface area contributed by atoms with Crippen LogP contribution in [0, 0.1) is 5.82 Å². The molecule has 2 aromatic carbocycles. The number of aromatic nitrogens is 2. The van der Waals surface area contributed by atoms with Gasteiger partial charge in [-0.1, -0.05) is 24.3 Å². The van der Waals surface area contributed by atoms with Gasteiger partial charge in [-0.25, -0.2) is 9.37 Å². The first-order valence-electron chi connectivity index (χ1n) is 8.30. The Bertz CT molecular complexity index is 900. The molecule has 0 atom stereocenters. The van der Waals surface area contributed by atoms with Gasteiger partial charge in [-0.3, -0.25) is 4.79 Å². The maximum Gasteiger partial charge on any atom is 0.325 e. The molecule has 0 spiro atoms. The van der Waals surface area contributed by atoms with Crippen LogP contribution in [-0.2, 0) is 16.1 Å². The second-order valence-electron chi connectivity index (χ2n) is 5.55. The zero-order valence-electron chi connectivity index (χ0n) is 14.3. The molecular formula is C19H19FN4O2. The molecule has 0 aliphatic heterocycles. The van der Waals surface area contributed by atoms with E-state index in [1.54, 1.807) is 19.1 Å². The third kappa shape index (κ3) is 4.44. The molecule has 0 saturated heterocycles. The quantitative estimate of drug-likeness (QED) is 0.634. The molecule has 0 radical (unpaired) electrons. The zero-order valence-corrected chi connectivity index (χ0v) is 14.3. The van der Waals surface area contributed by atoms with E-state index in [1.165, 1.54) is 12.1 Å². The summed E-state index contributed by atoms with van der Waals surface area (Å²) in [5.74, 6) is 0.321. The van der Waals surface area contributed by atoms with E-state index in [0.717, 1.165) is 16.5 Å². The number of halogens is 1. The number of ether oxygens (including phenoxy) is 1. The minimum absolute atomic E-state index is 0.0103. The molecule has 1 heterocycles. The zero-order chi connectivity index (χ0) is 18.4. The van der Waals surface area contributed by atoms with Crippen LogP contribution >= 0.6 is 0 Å². The van der Waals surface area contributed by atoms with Crippen LogP contribution in [0.15, 0.2) is 48.5 Å². The van der Waals surface area contributed by atoms with Crippen LogP contribution in [-0.4, -0.2) is 29.1 Å². The second kappa shape index (κ2) is 8.24. The van der Waals surface area contributed by atoms with Crippen molar-refractivity contribution in [3.05, 3.63) is 59.9 Å². The summed E-state index contributed by atoms with van der Waals surface area (Å²) in [4.78, 5) is 20.4. The van der Waals surface area contributed by atoms with Crippen LogP contribution in [0.3, 0.4) is 0 Å². The highest BCUT2D eigenvalue weighted by molar-refractivity contribution is 5.90. The number of rotatable bonds is 7. The number of nitrogens with zero attached hydrogens (tertiary/aromatic N) is 2. The maximum absolute atomic E-state index is 13.0. The van der Waals surface area contributed by atoms with Gasteiger partial charge in [0.1, 0.15) is 18.2 Å². The lowest BCUT2D eigenvalue weighted by Crippen LogP contribution is -2.18. The molecule has 6 nitrogen and oxygen atoms in total. The molecule has 0 bridgehead atoms. The summed E-state index contributed by atoms with van der Waals surface area (Å²) in [6.07, 6.45) is 0. The van der Waals surface area contributed by atoms with E-state index in [2.05, 4.69) is 20.6 Å². The van der Waals surface area contributed by atoms with Crippen molar-refractivity contribution in [1.29, 1.82) is 0 Å². The van der Waals surface area contributed by atoms with Crippen LogP contribution < -0.4 is 10.6 Å². The number of anilines is 2. The van der Waals surface area contributed by atoms with E-state index >= 15 is 0 Å². The maximum atomic E-state index is 13.0. The molecule has 0 aliphatic rings. The lowest BCUT2D eigenvalue weighted by atomic mass is 10.2. The van der Waals surface area contributed by atoms with E-state index in [0.29, 0.717) is 24.9 Å². The number of nitrogens with one attached hydrogen (secondary N) is 2. The minimum atomic E-state index is -0.370. The SMILES string of the molecule is CCOC(=O)CNc1nc(NCc2ccc(F)cc2)c2ccccc2n1. The number of fused-ring (bicyclic) bond motifs is 1. The lowest BCUT2D eigenvalue weighted by Gasteiger charge is -2.12. The summed E-state index contributed by atoms with van der Waals surface area (Å²) in [7, 11) is 0. The summed E-state index contributed by atoms with van der Waals surface area (Å²) in [5.41, 5.74) is 1.67. The first-order valence-corrected chi connectivity index (χ1v) is 8.30. The highest BCUT2D eigenvalue weighted by Crippen LogP contribution is 2.22. The van der Waals surface area contributed by atoms with Crippen LogP contribution in [0.25, 0.3) is 10.9 Å². The van der Waals surface area contributed by atoms with Crippen LogP contribution in [0.1, 0.15) is 12.5 Å². The van der Waals surface area contributed by atoms with Crippen molar-refractivity contribution in [2.45, 2.75) is 13.5 Å². The van der Waals surface area contributed by atoms with Crippen molar-refractivity contribution in [3.8, 4) is 0 Å². The Labute approximate surface area is 150 Å². The van der Waals surface area contributed by atoms with Gasteiger partial charge in [-0.2, -0.15) is 4.98 Å². The molecule has 1 aromatic heterocycles. The third-order valence-electron chi connectivity index (χ3n) is 3.67. The van der Waals surface area contributed by atoms with Crippen LogP contribution in [0.5, 0.6) is 0 Å². The average Bonchev–Trinajstić information content (AvgIpc) is 2.66. The summed E-state index contributed by atoms with van der Waals surface area (Å²) in [5, 5.41) is 6.99. The van der Waals surface area contributed by atoms with Gasteiger partial charge in [0, 0.05) is 11.9 Å². The van der Waals surface area contributed by atoms with Gasteiger partial charge in [0.05, 0.1) is 12.1 Å². The molecule has 0 amide bonds. The summed E-state index contributed by atoms with van der Waals surface area (Å²) < 4.78 is 17.9. The lowest BCUT2D eigenvalue weighted by molar-refractivity contribution is -0.140. The Morgan fingerprint density at radius 2 is 1.85 bits per heavy atom. The smallest absolute Gasteiger partial charge is 0.325 e. The van der Waals surface area contributed by atoms with Crippen molar-refractivity contribution < 1.29 is 13.9 Å². The standard InChI is InChI=1S/C19H19FN4O2/c1-2-26-17(25)12-22-19-23-16-6-4-3-5-15(16)18(24-19)21-11-13-7-9-14(20)10-8-13/h3-10H,2,11-12H2,1H3,(H2,21,22,23,24). The summed E-state index contributed by atoms with van der Waals surface area (Å²) in [6.45, 7) is 2.55. The van der Waals surface area contributed by atoms with Crippen molar-refractivity contribution >= 4 is 28.6 Å². The molecule has 0 unspecified atom stereocenters. The Morgan fingerprint density at radius 1 is 1.08 bits per heavy atom. The first-order chi connectivity index (χ1) is 12.7. The average molecular weight is 354 g/mol. The number of hydrogen-bond donors (Lipinski definition) is 2. The number of carbonyl (C=O) groups is 1. The highest BCUT2D eigenvalue weighted by atomic mass is 19.1. The van der Waals surface area contributed by atoms with Crippen molar-refractivity contribution in [2.75, 3.05) is 23.8 Å². The minimum Gasteiger partial charge on any atom is -0.465 e. The molecule has 7 heteroatoms. The second-order valence-corrected chi connectivity index (χ2v) is 5.55. The fraction of sp³-hybridized carbons (Fsp3) is 0.211. The van der Waals surface area contributed by atoms with Gasteiger partial charge in [0.15, 0.2) is 0 Å². The Morgan fingerprint density at radius 3 is 2.62 bits per heavy atom. The van der Waals surface area contributed by atoms with Crippen LogP contribution in [0.4, 0.5) is 16.2 Å². The highest BCUT2D eigenvalue weighted by Gasteiger charge is 2.09. The molecule has 26 heavy (non-hydrogen) atoms. The topological polar surface area (TPSA) is 76.1 Å². The van der Waals surface area contributed by atoms with Gasteiger partial charge in [0.2, 0.25) is 5.95 Å². The number of hydrogen-bond acceptors (Lipinski definition) is 6. The number of para-hydroxylation sites is 1. The Kier molecular flexibility index (Phi) is 5.58.